The van der Waals surface area contributed by atoms with Gasteiger partial charge in [0.2, 0.25) is 15.6 Å². The SMILES string of the molecule is O=C(I)COc1cccc2c1C(=O)N(C1CCC(=O)NC1=O)C2=O. The zero-order chi connectivity index (χ0) is 17.4. The molecule has 1 fully saturated rings. The van der Waals surface area contributed by atoms with Crippen LogP contribution in [0.4, 0.5) is 0 Å². The summed E-state index contributed by atoms with van der Waals surface area (Å²) in [4.78, 5) is 60.4. The fourth-order valence-corrected chi connectivity index (χ4v) is 2.89. The third-order valence-electron chi connectivity index (χ3n) is 3.77. The van der Waals surface area contributed by atoms with Gasteiger partial charge >= 0.3 is 0 Å². The van der Waals surface area contributed by atoms with Crippen LogP contribution in [-0.4, -0.2) is 45.0 Å². The Kier molecular flexibility index (Phi) is 4.35. The lowest BCUT2D eigenvalue weighted by molar-refractivity contribution is -0.136. The number of rotatable bonds is 4. The highest BCUT2D eigenvalue weighted by molar-refractivity contribution is 14.1. The number of carbonyl (C=O) groups excluding carboxylic acids is 5. The Morgan fingerprint density at radius 2 is 2.00 bits per heavy atom. The molecule has 9 heteroatoms. The summed E-state index contributed by atoms with van der Waals surface area (Å²) in [6.45, 7) is -0.239. The zero-order valence-corrected chi connectivity index (χ0v) is 14.4. The molecule has 1 atom stereocenters. The molecule has 1 N–H and O–H groups in total. The Hall–Kier alpha value is -2.30. The molecule has 1 aromatic rings. The van der Waals surface area contributed by atoms with Gasteiger partial charge in [-0.25, -0.2) is 0 Å². The predicted octanol–water partition coefficient (Wildman–Crippen LogP) is 0.428. The third-order valence-corrected chi connectivity index (χ3v) is 4.08. The molecular weight excluding hydrogens is 431 g/mol. The topological polar surface area (TPSA) is 110 Å². The van der Waals surface area contributed by atoms with Crippen molar-refractivity contribution in [2.75, 3.05) is 6.61 Å². The van der Waals surface area contributed by atoms with Crippen molar-refractivity contribution in [1.29, 1.82) is 0 Å². The molecule has 2 aliphatic rings. The molecule has 124 valence electrons. The van der Waals surface area contributed by atoms with Crippen molar-refractivity contribution in [1.82, 2.24) is 10.2 Å². The van der Waals surface area contributed by atoms with Crippen molar-refractivity contribution in [3.63, 3.8) is 0 Å². The number of piperidine rings is 1. The highest BCUT2D eigenvalue weighted by atomic mass is 127. The summed E-state index contributed by atoms with van der Waals surface area (Å²) >= 11 is 1.56. The maximum atomic E-state index is 12.7. The van der Waals surface area contributed by atoms with Gasteiger partial charge in [0.1, 0.15) is 11.8 Å². The number of hydrogen-bond acceptors (Lipinski definition) is 6. The van der Waals surface area contributed by atoms with Gasteiger partial charge in [0.05, 0.1) is 11.1 Å². The van der Waals surface area contributed by atoms with Crippen LogP contribution in [-0.2, 0) is 14.4 Å². The molecule has 8 nitrogen and oxygen atoms in total. The first-order chi connectivity index (χ1) is 11.4. The standard InChI is InChI=1S/C15H11IN2O6/c16-10(19)6-24-9-3-1-2-7-12(9)15(23)18(14(7)22)8-4-5-11(20)17-13(8)21/h1-3,8H,4-6H2,(H,17,20,21). The molecule has 0 radical (unpaired) electrons. The quantitative estimate of drug-likeness (QED) is 0.412. The van der Waals surface area contributed by atoms with Crippen LogP contribution in [0, 0.1) is 0 Å². The third kappa shape index (κ3) is 2.79. The van der Waals surface area contributed by atoms with Crippen molar-refractivity contribution in [3.8, 4) is 5.75 Å². The minimum absolute atomic E-state index is 0.0323. The number of ether oxygens (including phenoxy) is 1. The van der Waals surface area contributed by atoms with Gasteiger partial charge in [0.25, 0.3) is 11.8 Å². The average molecular weight is 442 g/mol. The molecule has 4 amide bonds. The van der Waals surface area contributed by atoms with Crippen molar-refractivity contribution < 1.29 is 28.7 Å². The van der Waals surface area contributed by atoms with E-state index in [0.717, 1.165) is 4.90 Å². The summed E-state index contributed by atoms with van der Waals surface area (Å²) in [5.74, 6) is -2.27. The number of amides is 4. The molecule has 0 bridgehead atoms. The highest BCUT2D eigenvalue weighted by Gasteiger charge is 2.45. The molecule has 24 heavy (non-hydrogen) atoms. The number of carbonyl (C=O) groups is 5. The van der Waals surface area contributed by atoms with Gasteiger partial charge in [0, 0.05) is 29.0 Å². The number of fused-ring (bicyclic) bond motifs is 1. The van der Waals surface area contributed by atoms with Crippen LogP contribution in [0.1, 0.15) is 33.6 Å². The second kappa shape index (κ2) is 6.30. The molecule has 0 aromatic heterocycles. The maximum absolute atomic E-state index is 12.7. The molecule has 1 saturated heterocycles. The summed E-state index contributed by atoms with van der Waals surface area (Å²) in [7, 11) is 0. The van der Waals surface area contributed by atoms with Gasteiger partial charge in [-0.2, -0.15) is 0 Å². The molecule has 0 spiro atoms. The molecule has 0 aliphatic carbocycles. The Morgan fingerprint density at radius 1 is 1.25 bits per heavy atom. The van der Waals surface area contributed by atoms with E-state index in [1.165, 1.54) is 18.2 Å². The lowest BCUT2D eigenvalue weighted by Gasteiger charge is -2.27. The largest absolute Gasteiger partial charge is 0.484 e. The fourth-order valence-electron chi connectivity index (χ4n) is 2.74. The van der Waals surface area contributed by atoms with E-state index in [1.807, 2.05) is 0 Å². The summed E-state index contributed by atoms with van der Waals surface area (Å²) in [5.41, 5.74) is 0.146. The summed E-state index contributed by atoms with van der Waals surface area (Å²) < 4.78 is 5.04. The van der Waals surface area contributed by atoms with E-state index in [1.54, 1.807) is 22.6 Å². The van der Waals surface area contributed by atoms with E-state index < -0.39 is 29.7 Å². The van der Waals surface area contributed by atoms with Crippen LogP contribution in [0.3, 0.4) is 0 Å². The maximum Gasteiger partial charge on any atom is 0.266 e. The Labute approximate surface area is 149 Å². The monoisotopic (exact) mass is 442 g/mol. The van der Waals surface area contributed by atoms with Crippen LogP contribution in [0.2, 0.25) is 0 Å². The van der Waals surface area contributed by atoms with Crippen LogP contribution in [0.5, 0.6) is 5.75 Å². The smallest absolute Gasteiger partial charge is 0.266 e. The summed E-state index contributed by atoms with van der Waals surface area (Å²) in [6.07, 6.45) is 0.134. The number of nitrogens with one attached hydrogen (secondary N) is 1. The van der Waals surface area contributed by atoms with Crippen LogP contribution in [0.25, 0.3) is 0 Å². The molecular formula is C15H11IN2O6. The fraction of sp³-hybridized carbons (Fsp3) is 0.267. The van der Waals surface area contributed by atoms with E-state index in [9.17, 15) is 24.0 Å². The van der Waals surface area contributed by atoms with E-state index in [0.29, 0.717) is 0 Å². The number of benzene rings is 1. The van der Waals surface area contributed by atoms with Crippen LogP contribution < -0.4 is 10.1 Å². The Balaban J connectivity index is 1.94. The normalized spacial score (nSPS) is 20.0. The predicted molar refractivity (Wildman–Crippen MR) is 87.6 cm³/mol. The summed E-state index contributed by atoms with van der Waals surface area (Å²) in [5, 5.41) is 2.13. The molecule has 2 heterocycles. The number of imide groups is 2. The van der Waals surface area contributed by atoms with Crippen molar-refractivity contribution in [2.24, 2.45) is 0 Å². The lowest BCUT2D eigenvalue weighted by Crippen LogP contribution is -2.54. The minimum Gasteiger partial charge on any atom is -0.484 e. The summed E-state index contributed by atoms with van der Waals surface area (Å²) in [6, 6.07) is 3.44. The van der Waals surface area contributed by atoms with Crippen molar-refractivity contribution in [2.45, 2.75) is 18.9 Å². The van der Waals surface area contributed by atoms with E-state index in [-0.39, 0.29) is 40.1 Å². The van der Waals surface area contributed by atoms with Crippen LogP contribution in [0.15, 0.2) is 18.2 Å². The Bertz CT molecular complexity index is 790. The van der Waals surface area contributed by atoms with E-state index >= 15 is 0 Å². The van der Waals surface area contributed by atoms with Crippen molar-refractivity contribution in [3.05, 3.63) is 29.3 Å². The first kappa shape index (κ1) is 16.6. The highest BCUT2D eigenvalue weighted by Crippen LogP contribution is 2.33. The molecule has 2 aliphatic heterocycles. The molecule has 1 aromatic carbocycles. The average Bonchev–Trinajstić information content (AvgIpc) is 2.78. The zero-order valence-electron chi connectivity index (χ0n) is 12.2. The van der Waals surface area contributed by atoms with Gasteiger partial charge in [-0.3, -0.25) is 34.2 Å². The second-order valence-corrected chi connectivity index (χ2v) is 6.47. The van der Waals surface area contributed by atoms with Crippen LogP contribution >= 0.6 is 22.6 Å². The molecule has 0 saturated carbocycles. The number of hydrogen-bond donors (Lipinski definition) is 1. The first-order valence-corrected chi connectivity index (χ1v) is 8.13. The van der Waals surface area contributed by atoms with Gasteiger partial charge < -0.3 is 4.74 Å². The van der Waals surface area contributed by atoms with Gasteiger partial charge in [0.15, 0.2) is 6.61 Å². The minimum atomic E-state index is -1.03. The number of nitrogens with zero attached hydrogens (tertiary/aromatic N) is 1. The first-order valence-electron chi connectivity index (χ1n) is 7.06. The van der Waals surface area contributed by atoms with Crippen molar-refractivity contribution >= 4 is 50.0 Å². The van der Waals surface area contributed by atoms with E-state index in [4.69, 9.17) is 4.74 Å². The van der Waals surface area contributed by atoms with Gasteiger partial charge in [-0.05, 0) is 18.6 Å². The van der Waals surface area contributed by atoms with Gasteiger partial charge in [-0.1, -0.05) is 6.07 Å². The molecule has 3 rings (SSSR count). The number of halogens is 1. The Morgan fingerprint density at radius 3 is 2.67 bits per heavy atom. The molecule has 1 unspecified atom stereocenters. The van der Waals surface area contributed by atoms with Gasteiger partial charge in [-0.15, -0.1) is 0 Å². The van der Waals surface area contributed by atoms with E-state index in [2.05, 4.69) is 5.32 Å². The second-order valence-electron chi connectivity index (χ2n) is 5.27. The lowest BCUT2D eigenvalue weighted by atomic mass is 10.0.